The average Bonchev–Trinajstić information content (AvgIpc) is 2.95. The summed E-state index contributed by atoms with van der Waals surface area (Å²) in [5.41, 5.74) is 0.249. The number of benzene rings is 1. The van der Waals surface area contributed by atoms with Crippen molar-refractivity contribution in [2.75, 3.05) is 6.79 Å². The quantitative estimate of drug-likeness (QED) is 0.920. The monoisotopic (exact) mass is 311 g/mol. The minimum Gasteiger partial charge on any atom is -0.454 e. The first-order valence-corrected chi connectivity index (χ1v) is 8.56. The Morgan fingerprint density at radius 2 is 1.81 bits per heavy atom. The van der Waals surface area contributed by atoms with Gasteiger partial charge in [-0.3, -0.25) is 4.79 Å². The van der Waals surface area contributed by atoms with Gasteiger partial charge in [0.05, 0.1) is 5.25 Å². The largest absolute Gasteiger partial charge is 0.454 e. The Hall–Kier alpha value is -1.76. The maximum Gasteiger partial charge on any atom is 0.264 e. The molecule has 1 N–H and O–H groups in total. The first kappa shape index (κ1) is 14.2. The van der Waals surface area contributed by atoms with Crippen molar-refractivity contribution in [1.82, 2.24) is 4.72 Å². The maximum atomic E-state index is 12.2. The van der Waals surface area contributed by atoms with Crippen molar-refractivity contribution in [3.63, 3.8) is 0 Å². The van der Waals surface area contributed by atoms with Crippen LogP contribution in [0.4, 0.5) is 0 Å². The van der Waals surface area contributed by atoms with Crippen molar-refractivity contribution in [1.29, 1.82) is 0 Å². The molecule has 2 aliphatic rings. The highest BCUT2D eigenvalue weighted by Crippen LogP contribution is 2.32. The molecular formula is C14H17NO5S. The molecule has 1 amide bonds. The number of carbonyl (C=O) groups excluding carboxylic acids is 1. The minimum absolute atomic E-state index is 0.112. The number of hydrogen-bond donors (Lipinski definition) is 1. The molecule has 114 valence electrons. The van der Waals surface area contributed by atoms with E-state index in [9.17, 15) is 13.2 Å². The van der Waals surface area contributed by atoms with Crippen LogP contribution < -0.4 is 14.2 Å². The van der Waals surface area contributed by atoms with Crippen molar-refractivity contribution in [3.8, 4) is 11.5 Å². The van der Waals surface area contributed by atoms with Gasteiger partial charge >= 0.3 is 0 Å². The van der Waals surface area contributed by atoms with Crippen LogP contribution in [0.5, 0.6) is 11.5 Å². The molecule has 1 saturated carbocycles. The Morgan fingerprint density at radius 1 is 1.10 bits per heavy atom. The summed E-state index contributed by atoms with van der Waals surface area (Å²) in [5, 5.41) is -0.468. The molecule has 3 rings (SSSR count). The summed E-state index contributed by atoms with van der Waals surface area (Å²) in [7, 11) is -3.62. The molecule has 0 bridgehead atoms. The summed E-state index contributed by atoms with van der Waals surface area (Å²) in [6, 6.07) is 4.62. The van der Waals surface area contributed by atoms with E-state index in [1.807, 2.05) is 0 Å². The van der Waals surface area contributed by atoms with Gasteiger partial charge in [0.2, 0.25) is 16.8 Å². The molecule has 0 aromatic heterocycles. The number of sulfonamides is 1. The van der Waals surface area contributed by atoms with Gasteiger partial charge in [0.15, 0.2) is 11.5 Å². The molecule has 0 saturated heterocycles. The third-order valence-electron chi connectivity index (χ3n) is 3.86. The van der Waals surface area contributed by atoms with Crippen LogP contribution in [0, 0.1) is 0 Å². The lowest BCUT2D eigenvalue weighted by Crippen LogP contribution is -2.39. The molecule has 0 unspecified atom stereocenters. The third-order valence-corrected chi connectivity index (χ3v) is 5.68. The number of carbonyl (C=O) groups is 1. The highest BCUT2D eigenvalue weighted by atomic mass is 32.2. The second kappa shape index (κ2) is 5.55. The van der Waals surface area contributed by atoms with E-state index >= 15 is 0 Å². The Morgan fingerprint density at radius 3 is 2.57 bits per heavy atom. The lowest BCUT2D eigenvalue weighted by Gasteiger charge is -2.21. The molecule has 1 heterocycles. The lowest BCUT2D eigenvalue weighted by molar-refractivity contribution is 0.0980. The fraction of sp³-hybridized carbons (Fsp3) is 0.500. The number of ether oxygens (including phenoxy) is 2. The Bertz CT molecular complexity index is 649. The molecule has 0 atom stereocenters. The molecule has 21 heavy (non-hydrogen) atoms. The molecule has 0 radical (unpaired) electrons. The first-order valence-electron chi connectivity index (χ1n) is 7.02. The number of rotatable bonds is 3. The molecule has 0 spiro atoms. The predicted octanol–water partition coefficient (Wildman–Crippen LogP) is 1.81. The van der Waals surface area contributed by atoms with E-state index in [1.54, 1.807) is 6.07 Å². The number of nitrogens with one attached hydrogen (secondary N) is 1. The molecule has 1 aromatic carbocycles. The number of fused-ring (bicyclic) bond motifs is 1. The van der Waals surface area contributed by atoms with Crippen molar-refractivity contribution >= 4 is 15.9 Å². The third kappa shape index (κ3) is 2.97. The second-order valence-corrected chi connectivity index (χ2v) is 7.27. The van der Waals surface area contributed by atoms with E-state index in [4.69, 9.17) is 9.47 Å². The standard InChI is InChI=1S/C14H17NO5S/c16-14(10-6-7-12-13(8-10)20-9-19-12)15-21(17,18)11-4-2-1-3-5-11/h6-8,11H,1-5,9H2,(H,15,16). The average molecular weight is 311 g/mol. The lowest BCUT2D eigenvalue weighted by atomic mass is 10.0. The van der Waals surface area contributed by atoms with Crippen LogP contribution in [0.1, 0.15) is 42.5 Å². The van der Waals surface area contributed by atoms with Gasteiger partial charge in [-0.25, -0.2) is 13.1 Å². The molecule has 1 aliphatic carbocycles. The second-order valence-electron chi connectivity index (χ2n) is 5.30. The van der Waals surface area contributed by atoms with Crippen LogP contribution in [0.25, 0.3) is 0 Å². The zero-order valence-electron chi connectivity index (χ0n) is 11.5. The van der Waals surface area contributed by atoms with Gasteiger partial charge < -0.3 is 9.47 Å². The molecule has 1 aliphatic heterocycles. The zero-order chi connectivity index (χ0) is 14.9. The van der Waals surface area contributed by atoms with Gasteiger partial charge in [-0.05, 0) is 31.0 Å². The smallest absolute Gasteiger partial charge is 0.264 e. The number of hydrogen-bond acceptors (Lipinski definition) is 5. The SMILES string of the molecule is O=C(NS(=O)(=O)C1CCCCC1)c1ccc2c(c1)OCO2. The van der Waals surface area contributed by atoms with Crippen LogP contribution >= 0.6 is 0 Å². The summed E-state index contributed by atoms with van der Waals surface area (Å²) in [5.74, 6) is 0.387. The highest BCUT2D eigenvalue weighted by molar-refractivity contribution is 7.90. The Kier molecular flexibility index (Phi) is 3.75. The van der Waals surface area contributed by atoms with Gasteiger partial charge in [0, 0.05) is 5.56 Å². The molecule has 7 heteroatoms. The van der Waals surface area contributed by atoms with Crippen molar-refractivity contribution in [2.24, 2.45) is 0 Å². The summed E-state index contributed by atoms with van der Waals surface area (Å²) in [6.07, 6.45) is 4.07. The van der Waals surface area contributed by atoms with Crippen LogP contribution in [-0.4, -0.2) is 26.4 Å². The van der Waals surface area contributed by atoms with E-state index in [0.29, 0.717) is 24.3 Å². The van der Waals surface area contributed by atoms with Crippen molar-refractivity contribution in [2.45, 2.75) is 37.4 Å². The zero-order valence-corrected chi connectivity index (χ0v) is 12.3. The normalized spacial score (nSPS) is 18.5. The van der Waals surface area contributed by atoms with E-state index in [1.165, 1.54) is 12.1 Å². The molecule has 1 aromatic rings. The van der Waals surface area contributed by atoms with E-state index in [-0.39, 0.29) is 12.4 Å². The van der Waals surface area contributed by atoms with Crippen LogP contribution in [0.15, 0.2) is 18.2 Å². The van der Waals surface area contributed by atoms with Crippen LogP contribution in [0.3, 0.4) is 0 Å². The van der Waals surface area contributed by atoms with Crippen LogP contribution in [-0.2, 0) is 10.0 Å². The molecule has 1 fully saturated rings. The molecular weight excluding hydrogens is 294 g/mol. The minimum atomic E-state index is -3.62. The van der Waals surface area contributed by atoms with Crippen molar-refractivity contribution in [3.05, 3.63) is 23.8 Å². The summed E-state index contributed by atoms with van der Waals surface area (Å²) in [4.78, 5) is 12.1. The molecule has 6 nitrogen and oxygen atoms in total. The topological polar surface area (TPSA) is 81.7 Å². The highest BCUT2D eigenvalue weighted by Gasteiger charge is 2.29. The predicted molar refractivity (Wildman–Crippen MR) is 75.8 cm³/mol. The van der Waals surface area contributed by atoms with Gasteiger partial charge in [-0.1, -0.05) is 19.3 Å². The van der Waals surface area contributed by atoms with E-state index < -0.39 is 21.2 Å². The summed E-state index contributed by atoms with van der Waals surface area (Å²) >= 11 is 0. The summed E-state index contributed by atoms with van der Waals surface area (Å²) < 4.78 is 36.9. The van der Waals surface area contributed by atoms with Gasteiger partial charge in [-0.15, -0.1) is 0 Å². The van der Waals surface area contributed by atoms with E-state index in [0.717, 1.165) is 19.3 Å². The van der Waals surface area contributed by atoms with Crippen LogP contribution in [0.2, 0.25) is 0 Å². The number of amides is 1. The van der Waals surface area contributed by atoms with Gasteiger partial charge in [0.1, 0.15) is 0 Å². The first-order chi connectivity index (χ1) is 10.1. The maximum absolute atomic E-state index is 12.2. The van der Waals surface area contributed by atoms with Crippen molar-refractivity contribution < 1.29 is 22.7 Å². The fourth-order valence-corrected chi connectivity index (χ4v) is 4.18. The fourth-order valence-electron chi connectivity index (χ4n) is 2.68. The van der Waals surface area contributed by atoms with Gasteiger partial charge in [-0.2, -0.15) is 0 Å². The van der Waals surface area contributed by atoms with Gasteiger partial charge in [0.25, 0.3) is 5.91 Å². The Balaban J connectivity index is 1.73. The Labute approximate surface area is 123 Å². The summed E-state index contributed by atoms with van der Waals surface area (Å²) in [6.45, 7) is 0.112. The van der Waals surface area contributed by atoms with E-state index in [2.05, 4.69) is 4.72 Å².